The maximum absolute atomic E-state index is 11.1. The van der Waals surface area contributed by atoms with Gasteiger partial charge in [0.25, 0.3) is 0 Å². The standard InChI is InChI=1S/C22H42O9/c1-4-5-6-24-7-8-25-9-10-26-11-12-27-13-14-28-15-16-29-17-18-30-19-20-31-22(23)21(2)3/h2,4-20H2,1,3H3. The van der Waals surface area contributed by atoms with Crippen LogP contribution in [-0.4, -0.2) is 105 Å². The number of ether oxygens (including phenoxy) is 8. The third-order valence-corrected chi connectivity index (χ3v) is 3.68. The van der Waals surface area contributed by atoms with Crippen LogP contribution in [0, 0.1) is 0 Å². The molecule has 0 saturated heterocycles. The topological polar surface area (TPSA) is 90.9 Å². The molecule has 0 aliphatic carbocycles. The fraction of sp³-hybridized carbons (Fsp3) is 0.864. The summed E-state index contributed by atoms with van der Waals surface area (Å²) in [6.07, 6.45) is 2.24. The molecule has 31 heavy (non-hydrogen) atoms. The Labute approximate surface area is 187 Å². The minimum atomic E-state index is -0.405. The summed E-state index contributed by atoms with van der Waals surface area (Å²) in [7, 11) is 0. The summed E-state index contributed by atoms with van der Waals surface area (Å²) in [5.74, 6) is -0.405. The van der Waals surface area contributed by atoms with Crippen molar-refractivity contribution >= 4 is 5.97 Å². The summed E-state index contributed by atoms with van der Waals surface area (Å²) in [5.41, 5.74) is 0.377. The van der Waals surface area contributed by atoms with E-state index in [-0.39, 0.29) is 6.61 Å². The fourth-order valence-electron chi connectivity index (χ4n) is 1.98. The monoisotopic (exact) mass is 450 g/mol. The van der Waals surface area contributed by atoms with Crippen molar-refractivity contribution in [2.45, 2.75) is 26.7 Å². The van der Waals surface area contributed by atoms with Crippen LogP contribution >= 0.6 is 0 Å². The lowest BCUT2D eigenvalue weighted by Crippen LogP contribution is -2.15. The molecule has 0 N–H and O–H groups in total. The van der Waals surface area contributed by atoms with E-state index >= 15 is 0 Å². The Kier molecular flexibility index (Phi) is 24.3. The highest BCUT2D eigenvalue weighted by Crippen LogP contribution is 1.92. The lowest BCUT2D eigenvalue weighted by molar-refractivity contribution is -0.140. The molecule has 0 atom stereocenters. The minimum absolute atomic E-state index is 0.211. The molecule has 0 unspecified atom stereocenters. The van der Waals surface area contributed by atoms with E-state index < -0.39 is 5.97 Å². The number of carbonyl (C=O) groups is 1. The zero-order valence-electron chi connectivity index (χ0n) is 19.4. The second kappa shape index (κ2) is 25.2. The van der Waals surface area contributed by atoms with Crippen molar-refractivity contribution < 1.29 is 42.7 Å². The van der Waals surface area contributed by atoms with Crippen molar-refractivity contribution in [1.29, 1.82) is 0 Å². The van der Waals surface area contributed by atoms with Crippen molar-refractivity contribution in [2.24, 2.45) is 0 Å². The first kappa shape index (κ1) is 29.9. The summed E-state index contributed by atoms with van der Waals surface area (Å²) in [5, 5.41) is 0. The Bertz CT molecular complexity index is 404. The molecule has 184 valence electrons. The average Bonchev–Trinajstić information content (AvgIpc) is 2.76. The Morgan fingerprint density at radius 2 is 0.839 bits per heavy atom. The molecule has 0 spiro atoms. The first-order valence-electron chi connectivity index (χ1n) is 11.0. The van der Waals surface area contributed by atoms with Gasteiger partial charge < -0.3 is 37.9 Å². The van der Waals surface area contributed by atoms with E-state index in [2.05, 4.69) is 13.5 Å². The zero-order valence-corrected chi connectivity index (χ0v) is 19.4. The number of carbonyl (C=O) groups excluding carboxylic acids is 1. The summed E-state index contributed by atoms with van der Waals surface area (Å²) < 4.78 is 42.6. The van der Waals surface area contributed by atoms with Gasteiger partial charge in [-0.15, -0.1) is 0 Å². The Morgan fingerprint density at radius 1 is 0.548 bits per heavy atom. The number of hydrogen-bond donors (Lipinski definition) is 0. The van der Waals surface area contributed by atoms with Crippen LogP contribution in [0.4, 0.5) is 0 Å². The van der Waals surface area contributed by atoms with Crippen molar-refractivity contribution in [1.82, 2.24) is 0 Å². The Morgan fingerprint density at radius 3 is 1.13 bits per heavy atom. The average molecular weight is 451 g/mol. The van der Waals surface area contributed by atoms with Crippen LogP contribution in [0.3, 0.4) is 0 Å². The molecule has 0 aliphatic rings. The van der Waals surface area contributed by atoms with Crippen molar-refractivity contribution in [3.63, 3.8) is 0 Å². The first-order valence-corrected chi connectivity index (χ1v) is 11.0. The van der Waals surface area contributed by atoms with E-state index in [1.807, 2.05) is 0 Å². The van der Waals surface area contributed by atoms with Crippen LogP contribution in [0.1, 0.15) is 26.7 Å². The first-order chi connectivity index (χ1) is 15.2. The second-order valence-electron chi connectivity index (χ2n) is 6.56. The third-order valence-electron chi connectivity index (χ3n) is 3.68. The number of hydrogen-bond acceptors (Lipinski definition) is 9. The highest BCUT2D eigenvalue weighted by atomic mass is 16.6. The maximum Gasteiger partial charge on any atom is 0.333 e. The van der Waals surface area contributed by atoms with Crippen LogP contribution in [0.2, 0.25) is 0 Å². The second-order valence-corrected chi connectivity index (χ2v) is 6.56. The van der Waals surface area contributed by atoms with Crippen LogP contribution in [0.15, 0.2) is 12.2 Å². The molecular weight excluding hydrogens is 408 g/mol. The molecule has 0 radical (unpaired) electrons. The van der Waals surface area contributed by atoms with E-state index in [4.69, 9.17) is 37.9 Å². The van der Waals surface area contributed by atoms with Gasteiger partial charge in [-0.05, 0) is 13.3 Å². The Balaban J connectivity index is 3.05. The van der Waals surface area contributed by atoms with Gasteiger partial charge in [0, 0.05) is 12.2 Å². The van der Waals surface area contributed by atoms with E-state index in [0.29, 0.717) is 91.5 Å². The molecule has 0 saturated carbocycles. The molecule has 0 fully saturated rings. The van der Waals surface area contributed by atoms with Crippen LogP contribution < -0.4 is 0 Å². The quantitative estimate of drug-likeness (QED) is 0.118. The van der Waals surface area contributed by atoms with Gasteiger partial charge in [-0.1, -0.05) is 19.9 Å². The molecule has 9 heteroatoms. The van der Waals surface area contributed by atoms with Crippen LogP contribution in [0.5, 0.6) is 0 Å². The van der Waals surface area contributed by atoms with Crippen molar-refractivity contribution in [2.75, 3.05) is 99.1 Å². The van der Waals surface area contributed by atoms with Crippen LogP contribution in [0.25, 0.3) is 0 Å². The molecule has 9 nitrogen and oxygen atoms in total. The highest BCUT2D eigenvalue weighted by Gasteiger charge is 2.01. The van der Waals surface area contributed by atoms with Gasteiger partial charge in [0.05, 0.1) is 85.9 Å². The summed E-state index contributed by atoms with van der Waals surface area (Å²) in [6, 6.07) is 0. The molecule has 0 aromatic carbocycles. The molecule has 0 amide bonds. The SMILES string of the molecule is C=C(C)C(=O)OCCOCCOCCOCCOCCOCCOCCOCCCC. The highest BCUT2D eigenvalue weighted by molar-refractivity contribution is 5.86. The van der Waals surface area contributed by atoms with Gasteiger partial charge in [-0.2, -0.15) is 0 Å². The molecule has 0 heterocycles. The minimum Gasteiger partial charge on any atom is -0.460 e. The van der Waals surface area contributed by atoms with Crippen molar-refractivity contribution in [3.8, 4) is 0 Å². The van der Waals surface area contributed by atoms with Gasteiger partial charge in [0.1, 0.15) is 6.61 Å². The number of esters is 1. The normalized spacial score (nSPS) is 11.0. The largest absolute Gasteiger partial charge is 0.460 e. The molecule has 0 aromatic heterocycles. The number of rotatable bonds is 25. The van der Waals surface area contributed by atoms with E-state index in [9.17, 15) is 4.79 Å². The lowest BCUT2D eigenvalue weighted by Gasteiger charge is -2.08. The maximum atomic E-state index is 11.1. The van der Waals surface area contributed by atoms with Crippen LogP contribution in [-0.2, 0) is 42.7 Å². The molecule has 0 aromatic rings. The predicted octanol–water partition coefficient (Wildman–Crippen LogP) is 2.02. The predicted molar refractivity (Wildman–Crippen MR) is 116 cm³/mol. The lowest BCUT2D eigenvalue weighted by atomic mass is 10.4. The molecule has 0 bridgehead atoms. The van der Waals surface area contributed by atoms with Gasteiger partial charge in [0.15, 0.2) is 0 Å². The number of unbranched alkanes of at least 4 members (excludes halogenated alkanes) is 1. The van der Waals surface area contributed by atoms with Gasteiger partial charge >= 0.3 is 5.97 Å². The Hall–Kier alpha value is -1.07. The third kappa shape index (κ3) is 25.1. The summed E-state index contributed by atoms with van der Waals surface area (Å²) in [4.78, 5) is 11.1. The summed E-state index contributed by atoms with van der Waals surface area (Å²) >= 11 is 0. The molecule has 0 aliphatic heterocycles. The van der Waals surface area contributed by atoms with E-state index in [1.165, 1.54) is 0 Å². The van der Waals surface area contributed by atoms with Gasteiger partial charge in [-0.25, -0.2) is 4.79 Å². The van der Waals surface area contributed by atoms with E-state index in [0.717, 1.165) is 19.4 Å². The zero-order chi connectivity index (χ0) is 22.8. The van der Waals surface area contributed by atoms with Gasteiger partial charge in [-0.3, -0.25) is 0 Å². The van der Waals surface area contributed by atoms with Crippen molar-refractivity contribution in [3.05, 3.63) is 12.2 Å². The summed E-state index contributed by atoms with van der Waals surface area (Å²) in [6.45, 7) is 14.9. The smallest absolute Gasteiger partial charge is 0.333 e. The van der Waals surface area contributed by atoms with Gasteiger partial charge in [0.2, 0.25) is 0 Å². The molecule has 0 rings (SSSR count). The van der Waals surface area contributed by atoms with E-state index in [1.54, 1.807) is 6.92 Å². The fourth-order valence-corrected chi connectivity index (χ4v) is 1.98. The molecular formula is C22H42O9.